The quantitative estimate of drug-likeness (QED) is 0.745. The lowest BCUT2D eigenvalue weighted by molar-refractivity contribution is -0.151. The SMILES string of the molecule is Cc1cccc(N2C[C@H](C(=O)OCC(=O)Nc3ccc(Cl)c(Cl)c3)CC2=O)c1. The van der Waals surface area contributed by atoms with Gasteiger partial charge < -0.3 is 15.0 Å². The third-order valence-corrected chi connectivity index (χ3v) is 5.06. The van der Waals surface area contributed by atoms with Gasteiger partial charge >= 0.3 is 5.97 Å². The second-order valence-electron chi connectivity index (χ2n) is 6.53. The van der Waals surface area contributed by atoms with E-state index in [1.165, 1.54) is 6.07 Å². The number of nitrogens with zero attached hydrogens (tertiary/aromatic N) is 1. The number of rotatable bonds is 5. The Labute approximate surface area is 172 Å². The zero-order valence-corrected chi connectivity index (χ0v) is 16.6. The third-order valence-electron chi connectivity index (χ3n) is 4.32. The predicted octanol–water partition coefficient (Wildman–Crippen LogP) is 3.84. The van der Waals surface area contributed by atoms with Crippen molar-refractivity contribution >= 4 is 52.4 Å². The molecule has 1 N–H and O–H groups in total. The largest absolute Gasteiger partial charge is 0.455 e. The maximum Gasteiger partial charge on any atom is 0.311 e. The molecule has 3 rings (SSSR count). The molecule has 8 heteroatoms. The van der Waals surface area contributed by atoms with Gasteiger partial charge in [0.2, 0.25) is 5.91 Å². The van der Waals surface area contributed by atoms with Crippen LogP contribution in [0, 0.1) is 12.8 Å². The molecule has 1 saturated heterocycles. The lowest BCUT2D eigenvalue weighted by Gasteiger charge is -2.17. The van der Waals surface area contributed by atoms with Gasteiger partial charge in [0.1, 0.15) is 0 Å². The normalized spacial score (nSPS) is 16.2. The van der Waals surface area contributed by atoms with Crippen LogP contribution >= 0.6 is 23.2 Å². The van der Waals surface area contributed by atoms with Gasteiger partial charge in [0.05, 0.1) is 16.0 Å². The molecule has 1 fully saturated rings. The van der Waals surface area contributed by atoms with Crippen LogP contribution in [0.2, 0.25) is 10.0 Å². The summed E-state index contributed by atoms with van der Waals surface area (Å²) in [4.78, 5) is 38.1. The number of aryl methyl sites for hydroxylation is 1. The van der Waals surface area contributed by atoms with Crippen molar-refractivity contribution in [1.29, 1.82) is 0 Å². The van der Waals surface area contributed by atoms with Gasteiger partial charge in [-0.15, -0.1) is 0 Å². The van der Waals surface area contributed by atoms with Crippen LogP contribution in [0.5, 0.6) is 0 Å². The van der Waals surface area contributed by atoms with Crippen LogP contribution < -0.4 is 10.2 Å². The van der Waals surface area contributed by atoms with E-state index in [-0.39, 0.29) is 18.9 Å². The van der Waals surface area contributed by atoms with E-state index in [4.69, 9.17) is 27.9 Å². The first-order chi connectivity index (χ1) is 13.3. The summed E-state index contributed by atoms with van der Waals surface area (Å²) in [6.07, 6.45) is 0.0567. The van der Waals surface area contributed by atoms with Crippen LogP contribution in [-0.4, -0.2) is 30.9 Å². The fourth-order valence-corrected chi connectivity index (χ4v) is 3.23. The highest BCUT2D eigenvalue weighted by Crippen LogP contribution is 2.27. The number of benzene rings is 2. The molecule has 0 aliphatic carbocycles. The number of carbonyl (C=O) groups excluding carboxylic acids is 3. The Balaban J connectivity index is 1.53. The van der Waals surface area contributed by atoms with Crippen molar-refractivity contribution in [2.24, 2.45) is 5.92 Å². The lowest BCUT2D eigenvalue weighted by atomic mass is 10.1. The highest BCUT2D eigenvalue weighted by Gasteiger charge is 2.36. The van der Waals surface area contributed by atoms with Crippen LogP contribution in [0.1, 0.15) is 12.0 Å². The van der Waals surface area contributed by atoms with Gasteiger partial charge in [0.15, 0.2) is 6.61 Å². The van der Waals surface area contributed by atoms with Gasteiger partial charge in [-0.3, -0.25) is 14.4 Å². The molecular weight excluding hydrogens is 403 g/mol. The van der Waals surface area contributed by atoms with Gasteiger partial charge in [0, 0.05) is 24.3 Å². The highest BCUT2D eigenvalue weighted by molar-refractivity contribution is 6.42. The van der Waals surface area contributed by atoms with Gasteiger partial charge in [-0.1, -0.05) is 35.3 Å². The molecule has 0 spiro atoms. The Kier molecular flexibility index (Phi) is 6.21. The van der Waals surface area contributed by atoms with Crippen molar-refractivity contribution < 1.29 is 19.1 Å². The minimum atomic E-state index is -0.606. The average molecular weight is 421 g/mol. The molecule has 0 saturated carbocycles. The average Bonchev–Trinajstić information content (AvgIpc) is 3.05. The summed E-state index contributed by atoms with van der Waals surface area (Å²) < 4.78 is 5.08. The van der Waals surface area contributed by atoms with Crippen LogP contribution in [0.25, 0.3) is 0 Å². The van der Waals surface area contributed by atoms with Crippen LogP contribution in [0.3, 0.4) is 0 Å². The molecule has 2 aromatic rings. The summed E-state index contributed by atoms with van der Waals surface area (Å²) in [7, 11) is 0. The van der Waals surface area contributed by atoms with Crippen LogP contribution in [0.4, 0.5) is 11.4 Å². The Morgan fingerprint density at radius 2 is 1.96 bits per heavy atom. The Bertz CT molecular complexity index is 932. The number of amides is 2. The molecule has 146 valence electrons. The van der Waals surface area contributed by atoms with Gasteiger partial charge in [-0.25, -0.2) is 0 Å². The maximum atomic E-state index is 12.3. The number of nitrogens with one attached hydrogen (secondary N) is 1. The fourth-order valence-electron chi connectivity index (χ4n) is 2.94. The number of hydrogen-bond acceptors (Lipinski definition) is 4. The van der Waals surface area contributed by atoms with Crippen molar-refractivity contribution in [3.8, 4) is 0 Å². The van der Waals surface area contributed by atoms with Crippen molar-refractivity contribution in [2.45, 2.75) is 13.3 Å². The minimum absolute atomic E-state index is 0.0567. The molecule has 0 unspecified atom stereocenters. The molecule has 2 amide bonds. The Hall–Kier alpha value is -2.57. The molecule has 6 nitrogen and oxygen atoms in total. The number of carbonyl (C=O) groups is 3. The predicted molar refractivity (Wildman–Crippen MR) is 108 cm³/mol. The van der Waals surface area contributed by atoms with E-state index in [0.29, 0.717) is 15.7 Å². The first-order valence-corrected chi connectivity index (χ1v) is 9.37. The molecule has 1 aliphatic heterocycles. The van der Waals surface area contributed by atoms with Crippen molar-refractivity contribution in [2.75, 3.05) is 23.4 Å². The van der Waals surface area contributed by atoms with Crippen LogP contribution in [-0.2, 0) is 19.1 Å². The van der Waals surface area contributed by atoms with E-state index in [2.05, 4.69) is 5.32 Å². The van der Waals surface area contributed by atoms with Gasteiger partial charge in [-0.05, 0) is 42.8 Å². The molecule has 0 aromatic heterocycles. The molecule has 2 aromatic carbocycles. The molecule has 0 radical (unpaired) electrons. The number of halogens is 2. The zero-order valence-electron chi connectivity index (χ0n) is 15.1. The smallest absolute Gasteiger partial charge is 0.311 e. The third kappa shape index (κ3) is 4.82. The first-order valence-electron chi connectivity index (χ1n) is 8.62. The topological polar surface area (TPSA) is 75.7 Å². The monoisotopic (exact) mass is 420 g/mol. The number of anilines is 2. The summed E-state index contributed by atoms with van der Waals surface area (Å²) in [6.45, 7) is 1.71. The zero-order chi connectivity index (χ0) is 20.3. The fraction of sp³-hybridized carbons (Fsp3) is 0.250. The second-order valence-corrected chi connectivity index (χ2v) is 7.34. The van der Waals surface area contributed by atoms with E-state index in [1.54, 1.807) is 17.0 Å². The minimum Gasteiger partial charge on any atom is -0.455 e. The summed E-state index contributed by atoms with van der Waals surface area (Å²) in [5, 5.41) is 3.24. The first kappa shape index (κ1) is 20.2. The van der Waals surface area contributed by atoms with E-state index in [1.807, 2.05) is 31.2 Å². The van der Waals surface area contributed by atoms with E-state index in [9.17, 15) is 14.4 Å². The maximum absolute atomic E-state index is 12.3. The summed E-state index contributed by atoms with van der Waals surface area (Å²) >= 11 is 11.7. The Morgan fingerprint density at radius 3 is 2.68 bits per heavy atom. The highest BCUT2D eigenvalue weighted by atomic mass is 35.5. The number of ether oxygens (including phenoxy) is 1. The molecule has 0 bridgehead atoms. The molecule has 28 heavy (non-hydrogen) atoms. The number of hydrogen-bond donors (Lipinski definition) is 1. The molecular formula is C20H18Cl2N2O4. The summed E-state index contributed by atoms with van der Waals surface area (Å²) in [6, 6.07) is 12.1. The number of esters is 1. The van der Waals surface area contributed by atoms with Crippen molar-refractivity contribution in [1.82, 2.24) is 0 Å². The molecule has 1 heterocycles. The second kappa shape index (κ2) is 8.63. The molecule has 1 atom stereocenters. The lowest BCUT2D eigenvalue weighted by Crippen LogP contribution is -2.28. The van der Waals surface area contributed by atoms with E-state index >= 15 is 0 Å². The van der Waals surface area contributed by atoms with E-state index < -0.39 is 24.4 Å². The Morgan fingerprint density at radius 1 is 1.18 bits per heavy atom. The van der Waals surface area contributed by atoms with Gasteiger partial charge in [-0.2, -0.15) is 0 Å². The summed E-state index contributed by atoms with van der Waals surface area (Å²) in [5.41, 5.74) is 2.21. The van der Waals surface area contributed by atoms with E-state index in [0.717, 1.165) is 11.3 Å². The van der Waals surface area contributed by atoms with Gasteiger partial charge in [0.25, 0.3) is 5.91 Å². The van der Waals surface area contributed by atoms with Crippen molar-refractivity contribution in [3.63, 3.8) is 0 Å². The summed E-state index contributed by atoms with van der Waals surface area (Å²) in [5.74, 6) is -1.84. The van der Waals surface area contributed by atoms with Crippen LogP contribution in [0.15, 0.2) is 42.5 Å². The molecule has 1 aliphatic rings. The standard InChI is InChI=1S/C20H18Cl2N2O4/c1-12-3-2-4-15(7-12)24-10-13(8-19(24)26)20(27)28-11-18(25)23-14-5-6-16(21)17(22)9-14/h2-7,9,13H,8,10-11H2,1H3,(H,23,25)/t13-/m1/s1. The van der Waals surface area contributed by atoms with Crippen molar-refractivity contribution in [3.05, 3.63) is 58.1 Å².